The number of carbonyl (C=O) groups is 1. The van der Waals surface area contributed by atoms with E-state index in [-0.39, 0.29) is 5.78 Å². The number of nitrogens with zero attached hydrogens (tertiary/aromatic N) is 1. The number of hydrogen-bond acceptors (Lipinski definition) is 3. The first-order valence-electron chi connectivity index (χ1n) is 9.55. The summed E-state index contributed by atoms with van der Waals surface area (Å²) in [5, 5.41) is 6.95. The zero-order valence-corrected chi connectivity index (χ0v) is 16.5. The molecule has 0 amide bonds. The number of nitrogens with one attached hydrogen (secondary N) is 1. The van der Waals surface area contributed by atoms with Crippen LogP contribution in [-0.2, 0) is 4.79 Å². The average Bonchev–Trinajstić information content (AvgIpc) is 2.54. The highest BCUT2D eigenvalue weighted by atomic mass is 16.1. The molecule has 0 aliphatic rings. The van der Waals surface area contributed by atoms with E-state index in [2.05, 4.69) is 45.7 Å². The topological polar surface area (TPSA) is 44.2 Å². The van der Waals surface area contributed by atoms with Gasteiger partial charge in [0.25, 0.3) is 0 Å². The monoisotopic (exact) mass is 334 g/mol. The van der Waals surface area contributed by atoms with Crippen LogP contribution in [0.4, 0.5) is 0 Å². The summed E-state index contributed by atoms with van der Waals surface area (Å²) >= 11 is 0. The van der Waals surface area contributed by atoms with Crippen LogP contribution in [-0.4, -0.2) is 30.0 Å². The van der Waals surface area contributed by atoms with E-state index in [0.717, 1.165) is 38.1 Å². The molecule has 0 aliphatic carbocycles. The molecule has 138 valence electrons. The molecular formula is C21H38N2O. The molecular weight excluding hydrogens is 296 g/mol. The molecule has 0 aromatic heterocycles. The minimum atomic E-state index is -0.245. The Kier molecular flexibility index (Phi) is 13.2. The molecule has 0 aliphatic heterocycles. The largest absolute Gasteiger partial charge is 0.373 e. The Balaban J connectivity index is 4.56. The summed E-state index contributed by atoms with van der Waals surface area (Å²) in [6.07, 6.45) is 13.9. The molecule has 3 nitrogen and oxygen atoms in total. The highest BCUT2D eigenvalue weighted by Gasteiger charge is 2.08. The lowest BCUT2D eigenvalue weighted by Crippen LogP contribution is -2.24. The van der Waals surface area contributed by atoms with E-state index >= 15 is 0 Å². The van der Waals surface area contributed by atoms with Gasteiger partial charge < -0.3 is 10.3 Å². The second-order valence-corrected chi connectivity index (χ2v) is 7.18. The van der Waals surface area contributed by atoms with Crippen LogP contribution in [0.3, 0.4) is 0 Å². The zero-order valence-electron chi connectivity index (χ0n) is 16.5. The second kappa shape index (κ2) is 14.0. The van der Waals surface area contributed by atoms with Gasteiger partial charge in [0.15, 0.2) is 5.78 Å². The summed E-state index contributed by atoms with van der Waals surface area (Å²) in [6, 6.07) is 0. The minimum Gasteiger partial charge on any atom is -0.373 e. The molecule has 0 aromatic carbocycles. The summed E-state index contributed by atoms with van der Waals surface area (Å²) in [5.41, 5.74) is 1.39. The molecule has 0 heterocycles. The molecule has 0 radical (unpaired) electrons. The maximum absolute atomic E-state index is 11.2. The van der Waals surface area contributed by atoms with Crippen molar-refractivity contribution in [3.63, 3.8) is 0 Å². The molecule has 0 fully saturated rings. The van der Waals surface area contributed by atoms with E-state index in [1.54, 1.807) is 0 Å². The van der Waals surface area contributed by atoms with E-state index in [9.17, 15) is 4.79 Å². The predicted octanol–water partition coefficient (Wildman–Crippen LogP) is 5.62. The van der Waals surface area contributed by atoms with Gasteiger partial charge in [0.05, 0.1) is 6.21 Å². The van der Waals surface area contributed by atoms with Crippen LogP contribution in [0.2, 0.25) is 0 Å². The van der Waals surface area contributed by atoms with Crippen molar-refractivity contribution in [3.8, 4) is 0 Å². The van der Waals surface area contributed by atoms with Gasteiger partial charge in [0.1, 0.15) is 0 Å². The van der Waals surface area contributed by atoms with Crippen LogP contribution in [0.25, 0.3) is 0 Å². The Hall–Kier alpha value is -1.38. The van der Waals surface area contributed by atoms with Crippen molar-refractivity contribution in [1.29, 1.82) is 5.41 Å². The first-order valence-corrected chi connectivity index (χ1v) is 9.55. The molecule has 3 heteroatoms. The fourth-order valence-corrected chi connectivity index (χ4v) is 2.81. The van der Waals surface area contributed by atoms with Gasteiger partial charge in [-0.05, 0) is 43.9 Å². The molecule has 0 saturated heterocycles. The van der Waals surface area contributed by atoms with Crippen molar-refractivity contribution >= 4 is 12.0 Å². The van der Waals surface area contributed by atoms with E-state index in [4.69, 9.17) is 5.41 Å². The van der Waals surface area contributed by atoms with Crippen LogP contribution in [0.1, 0.15) is 73.1 Å². The third-order valence-electron chi connectivity index (χ3n) is 4.45. The maximum Gasteiger partial charge on any atom is 0.195 e. The van der Waals surface area contributed by atoms with Gasteiger partial charge in [0, 0.05) is 13.1 Å². The summed E-state index contributed by atoms with van der Waals surface area (Å²) in [6.45, 7) is 13.0. The van der Waals surface area contributed by atoms with Gasteiger partial charge >= 0.3 is 0 Å². The van der Waals surface area contributed by atoms with Gasteiger partial charge in [-0.1, -0.05) is 65.0 Å². The third kappa shape index (κ3) is 12.1. The molecule has 0 saturated carbocycles. The number of hydrogen-bond donors (Lipinski definition) is 1. The van der Waals surface area contributed by atoms with Crippen molar-refractivity contribution < 1.29 is 4.79 Å². The molecule has 1 N–H and O–H groups in total. The number of ketones is 1. The lowest BCUT2D eigenvalue weighted by molar-refractivity contribution is -0.108. The molecule has 0 aromatic rings. The van der Waals surface area contributed by atoms with E-state index in [1.165, 1.54) is 37.3 Å². The normalized spacial score (nSPS) is 14.6. The van der Waals surface area contributed by atoms with Gasteiger partial charge in [-0.3, -0.25) is 4.79 Å². The first-order chi connectivity index (χ1) is 11.4. The molecule has 0 bridgehead atoms. The Morgan fingerprint density at radius 2 is 1.83 bits per heavy atom. The van der Waals surface area contributed by atoms with Crippen LogP contribution >= 0.6 is 0 Å². The van der Waals surface area contributed by atoms with Crippen molar-refractivity contribution in [2.24, 2.45) is 11.8 Å². The molecule has 0 rings (SSSR count). The van der Waals surface area contributed by atoms with E-state index in [0.29, 0.717) is 5.92 Å². The standard InChI is InChI=1S/C21H38N2O/c1-6-10-19(4)16-23(14-9-13-21(24)15-22)17-20(5)12-8-11-18(3)7-2/h9,13,15-16,18,20,22H,6-8,10-12,14,17H2,1-5H3/b13-9-,19-16+,22-15?. The van der Waals surface area contributed by atoms with Crippen LogP contribution < -0.4 is 0 Å². The van der Waals surface area contributed by atoms with Crippen molar-refractivity contribution in [3.05, 3.63) is 23.9 Å². The Morgan fingerprint density at radius 3 is 2.42 bits per heavy atom. The number of rotatable bonds is 14. The fraction of sp³-hybridized carbons (Fsp3) is 0.714. The van der Waals surface area contributed by atoms with Crippen molar-refractivity contribution in [2.45, 2.75) is 73.1 Å². The number of carbonyl (C=O) groups excluding carboxylic acids is 1. The van der Waals surface area contributed by atoms with Crippen LogP contribution in [0.5, 0.6) is 0 Å². The van der Waals surface area contributed by atoms with E-state index < -0.39 is 0 Å². The van der Waals surface area contributed by atoms with Crippen molar-refractivity contribution in [2.75, 3.05) is 13.1 Å². The SMILES string of the molecule is CCC/C(C)=C/N(C/C=C\C(=O)C=N)CC(C)CCCC(C)CC. The number of allylic oxidation sites excluding steroid dienone is 2. The molecule has 2 atom stereocenters. The molecule has 24 heavy (non-hydrogen) atoms. The summed E-state index contributed by atoms with van der Waals surface area (Å²) in [5.74, 6) is 1.23. The molecule has 2 unspecified atom stereocenters. The lowest BCUT2D eigenvalue weighted by atomic mass is 9.97. The predicted molar refractivity (Wildman–Crippen MR) is 106 cm³/mol. The quantitative estimate of drug-likeness (QED) is 0.331. The average molecular weight is 335 g/mol. The highest BCUT2D eigenvalue weighted by Crippen LogP contribution is 2.16. The molecule has 0 spiro atoms. The zero-order chi connectivity index (χ0) is 18.4. The van der Waals surface area contributed by atoms with E-state index in [1.807, 2.05) is 6.08 Å². The summed E-state index contributed by atoms with van der Waals surface area (Å²) in [4.78, 5) is 13.5. The maximum atomic E-state index is 11.2. The Morgan fingerprint density at radius 1 is 1.17 bits per heavy atom. The third-order valence-corrected chi connectivity index (χ3v) is 4.45. The van der Waals surface area contributed by atoms with Crippen molar-refractivity contribution in [1.82, 2.24) is 4.90 Å². The van der Waals surface area contributed by atoms with Crippen LogP contribution in [0, 0.1) is 17.2 Å². The smallest absolute Gasteiger partial charge is 0.195 e. The minimum absolute atomic E-state index is 0.245. The summed E-state index contributed by atoms with van der Waals surface area (Å²) < 4.78 is 0. The Bertz CT molecular complexity index is 412. The van der Waals surface area contributed by atoms with Gasteiger partial charge in [-0.2, -0.15) is 0 Å². The fourth-order valence-electron chi connectivity index (χ4n) is 2.81. The first kappa shape index (κ1) is 22.6. The lowest BCUT2D eigenvalue weighted by Gasteiger charge is -2.24. The highest BCUT2D eigenvalue weighted by molar-refractivity contribution is 6.31. The summed E-state index contributed by atoms with van der Waals surface area (Å²) in [7, 11) is 0. The van der Waals surface area contributed by atoms with Crippen LogP contribution in [0.15, 0.2) is 23.9 Å². The second-order valence-electron chi connectivity index (χ2n) is 7.18. The van der Waals surface area contributed by atoms with Gasteiger partial charge in [-0.15, -0.1) is 0 Å². The van der Waals surface area contributed by atoms with Gasteiger partial charge in [-0.25, -0.2) is 0 Å². The Labute approximate surface area is 149 Å². The van der Waals surface area contributed by atoms with Gasteiger partial charge in [0.2, 0.25) is 0 Å².